The molecule has 0 heterocycles. The van der Waals surface area contributed by atoms with Crippen LogP contribution in [0, 0.1) is 13.8 Å². The highest BCUT2D eigenvalue weighted by atomic mass is 35.5. The van der Waals surface area contributed by atoms with Crippen molar-refractivity contribution in [2.75, 3.05) is 17.0 Å². The van der Waals surface area contributed by atoms with Crippen molar-refractivity contribution in [3.63, 3.8) is 0 Å². The van der Waals surface area contributed by atoms with Crippen molar-refractivity contribution in [2.24, 2.45) is 0 Å². The van der Waals surface area contributed by atoms with E-state index in [4.69, 9.17) is 11.6 Å². The van der Waals surface area contributed by atoms with Crippen molar-refractivity contribution in [3.8, 4) is 0 Å². The van der Waals surface area contributed by atoms with Gasteiger partial charge in [-0.25, -0.2) is 8.42 Å². The first-order chi connectivity index (χ1) is 15.2. The van der Waals surface area contributed by atoms with Crippen LogP contribution in [0.5, 0.6) is 0 Å². The van der Waals surface area contributed by atoms with E-state index in [0.29, 0.717) is 12.2 Å². The summed E-state index contributed by atoms with van der Waals surface area (Å²) >= 11 is 7.87. The van der Waals surface area contributed by atoms with Crippen molar-refractivity contribution in [3.05, 3.63) is 94.0 Å². The number of hydrogen-bond acceptors (Lipinski definition) is 4. The summed E-state index contributed by atoms with van der Waals surface area (Å²) in [7, 11) is -3.95. The third-order valence-electron chi connectivity index (χ3n) is 4.64. The van der Waals surface area contributed by atoms with E-state index in [1.165, 1.54) is 29.3 Å². The normalized spacial score (nSPS) is 11.2. The maximum Gasteiger partial charge on any atom is 0.263 e. The van der Waals surface area contributed by atoms with Gasteiger partial charge in [-0.05, 0) is 55.3 Å². The van der Waals surface area contributed by atoms with Crippen molar-refractivity contribution in [1.82, 2.24) is 5.32 Å². The predicted molar refractivity (Wildman–Crippen MR) is 133 cm³/mol. The minimum Gasteiger partial charge on any atom is -0.351 e. The van der Waals surface area contributed by atoms with Gasteiger partial charge in [0.1, 0.15) is 4.90 Å². The number of halogens is 1. The lowest BCUT2D eigenvalue weighted by Gasteiger charge is -2.12. The van der Waals surface area contributed by atoms with Crippen LogP contribution in [-0.2, 0) is 15.8 Å². The molecule has 3 aromatic carbocycles. The van der Waals surface area contributed by atoms with Crippen molar-refractivity contribution >= 4 is 45.0 Å². The molecule has 5 nitrogen and oxygen atoms in total. The van der Waals surface area contributed by atoms with E-state index in [-0.39, 0.29) is 21.4 Å². The van der Waals surface area contributed by atoms with E-state index in [1.807, 2.05) is 19.1 Å². The van der Waals surface area contributed by atoms with Gasteiger partial charge in [0.15, 0.2) is 0 Å². The molecule has 168 valence electrons. The molecule has 0 atom stereocenters. The highest BCUT2D eigenvalue weighted by Gasteiger charge is 2.20. The van der Waals surface area contributed by atoms with Crippen LogP contribution in [0.25, 0.3) is 0 Å². The summed E-state index contributed by atoms with van der Waals surface area (Å²) in [6.45, 7) is 4.40. The molecule has 0 fully saturated rings. The fourth-order valence-electron chi connectivity index (χ4n) is 3.10. The number of hydrogen-bond donors (Lipinski definition) is 2. The lowest BCUT2D eigenvalue weighted by molar-refractivity contribution is 0.0956. The molecule has 0 aliphatic heterocycles. The lowest BCUT2D eigenvalue weighted by Crippen LogP contribution is -2.26. The second-order valence-corrected chi connectivity index (χ2v) is 10.6. The maximum absolute atomic E-state index is 12.8. The van der Waals surface area contributed by atoms with Crippen LogP contribution in [0.1, 0.15) is 27.0 Å². The molecule has 0 unspecified atom stereocenters. The number of sulfonamides is 1. The number of benzene rings is 3. The standard InChI is InChI=1S/C24H25ClN2O3S2/c1-17-5-3-7-19(13-17)16-31-12-11-26-24(28)20-9-10-22(25)23(15-20)32(29,30)27-21-8-4-6-18(2)14-21/h3-10,13-15,27H,11-12,16H2,1-2H3,(H,26,28). The summed E-state index contributed by atoms with van der Waals surface area (Å²) in [6, 6.07) is 19.6. The van der Waals surface area contributed by atoms with Gasteiger partial charge in [-0.15, -0.1) is 0 Å². The smallest absolute Gasteiger partial charge is 0.263 e. The highest BCUT2D eigenvalue weighted by molar-refractivity contribution is 7.98. The van der Waals surface area contributed by atoms with Crippen molar-refractivity contribution in [2.45, 2.75) is 24.5 Å². The summed E-state index contributed by atoms with van der Waals surface area (Å²) in [5.74, 6) is 1.27. The van der Waals surface area contributed by atoms with Crippen LogP contribution in [0.4, 0.5) is 5.69 Å². The zero-order valence-corrected chi connectivity index (χ0v) is 20.3. The molecule has 3 rings (SSSR count). The summed E-state index contributed by atoms with van der Waals surface area (Å²) in [5, 5.41) is 2.89. The molecule has 0 spiro atoms. The molecule has 0 aromatic heterocycles. The molecule has 1 amide bonds. The second-order valence-electron chi connectivity index (χ2n) is 7.42. The van der Waals surface area contributed by atoms with Gasteiger partial charge in [-0.1, -0.05) is 53.6 Å². The largest absolute Gasteiger partial charge is 0.351 e. The van der Waals surface area contributed by atoms with Gasteiger partial charge in [0.05, 0.1) is 5.02 Å². The number of amides is 1. The van der Waals surface area contributed by atoms with Gasteiger partial charge in [0.25, 0.3) is 15.9 Å². The fourth-order valence-corrected chi connectivity index (χ4v) is 5.48. The SMILES string of the molecule is Cc1cccc(CSCCNC(=O)c2ccc(Cl)c(S(=O)(=O)Nc3cccc(C)c3)c2)c1. The lowest BCUT2D eigenvalue weighted by atomic mass is 10.2. The molecule has 0 bridgehead atoms. The van der Waals surface area contributed by atoms with Gasteiger partial charge in [-0.2, -0.15) is 11.8 Å². The Balaban J connectivity index is 1.59. The second kappa shape index (κ2) is 10.9. The van der Waals surface area contributed by atoms with Gasteiger partial charge in [-0.3, -0.25) is 9.52 Å². The number of nitrogens with one attached hydrogen (secondary N) is 2. The average molecular weight is 489 g/mol. The Kier molecular flexibility index (Phi) is 8.23. The number of thioether (sulfide) groups is 1. The Hall–Kier alpha value is -2.48. The first-order valence-electron chi connectivity index (χ1n) is 10.0. The van der Waals surface area contributed by atoms with Crippen LogP contribution >= 0.6 is 23.4 Å². The quantitative estimate of drug-likeness (QED) is 0.394. The van der Waals surface area contributed by atoms with Crippen LogP contribution in [0.2, 0.25) is 5.02 Å². The molecule has 32 heavy (non-hydrogen) atoms. The van der Waals surface area contributed by atoms with Gasteiger partial charge < -0.3 is 5.32 Å². The number of anilines is 1. The fraction of sp³-hybridized carbons (Fsp3) is 0.208. The Bertz CT molecular complexity index is 1210. The molecule has 2 N–H and O–H groups in total. The van der Waals surface area contributed by atoms with Gasteiger partial charge >= 0.3 is 0 Å². The third-order valence-corrected chi connectivity index (χ3v) is 7.53. The topological polar surface area (TPSA) is 75.3 Å². The van der Waals surface area contributed by atoms with Crippen molar-refractivity contribution in [1.29, 1.82) is 0 Å². The Labute approximate surface area is 198 Å². The van der Waals surface area contributed by atoms with Gasteiger partial charge in [0, 0.05) is 29.3 Å². The number of carbonyl (C=O) groups is 1. The van der Waals surface area contributed by atoms with E-state index in [1.54, 1.807) is 30.0 Å². The van der Waals surface area contributed by atoms with E-state index in [9.17, 15) is 13.2 Å². The Morgan fingerprint density at radius 3 is 2.41 bits per heavy atom. The van der Waals surface area contributed by atoms with E-state index >= 15 is 0 Å². The predicted octanol–water partition coefficient (Wildman–Crippen LogP) is 5.42. The van der Waals surface area contributed by atoms with E-state index in [2.05, 4.69) is 35.2 Å². The minimum absolute atomic E-state index is 0.0513. The first kappa shape index (κ1) is 24.2. The van der Waals surface area contributed by atoms with E-state index < -0.39 is 10.0 Å². The molecule has 8 heteroatoms. The average Bonchev–Trinajstić information content (AvgIpc) is 2.73. The zero-order chi connectivity index (χ0) is 23.1. The zero-order valence-electron chi connectivity index (χ0n) is 17.9. The minimum atomic E-state index is -3.95. The molecular formula is C24H25ClN2O3S2. The molecule has 0 aliphatic rings. The number of aryl methyl sites for hydroxylation is 2. The summed E-state index contributed by atoms with van der Waals surface area (Å²) in [5.41, 5.74) is 4.06. The molecule has 3 aromatic rings. The van der Waals surface area contributed by atoms with Gasteiger partial charge in [0.2, 0.25) is 0 Å². The van der Waals surface area contributed by atoms with Crippen molar-refractivity contribution < 1.29 is 13.2 Å². The Morgan fingerprint density at radius 2 is 1.69 bits per heavy atom. The summed E-state index contributed by atoms with van der Waals surface area (Å²) in [4.78, 5) is 12.4. The first-order valence-corrected chi connectivity index (χ1v) is 13.1. The molecule has 0 radical (unpaired) electrons. The number of rotatable bonds is 9. The monoisotopic (exact) mass is 488 g/mol. The van der Waals surface area contributed by atoms with Crippen LogP contribution in [0.3, 0.4) is 0 Å². The third kappa shape index (κ3) is 6.76. The summed E-state index contributed by atoms with van der Waals surface area (Å²) < 4.78 is 28.2. The van der Waals surface area contributed by atoms with Crippen LogP contribution in [-0.4, -0.2) is 26.6 Å². The molecule has 0 aliphatic carbocycles. The summed E-state index contributed by atoms with van der Waals surface area (Å²) in [6.07, 6.45) is 0. The number of carbonyl (C=O) groups excluding carboxylic acids is 1. The Morgan fingerprint density at radius 1 is 0.969 bits per heavy atom. The van der Waals surface area contributed by atoms with Crippen LogP contribution in [0.15, 0.2) is 71.6 Å². The maximum atomic E-state index is 12.8. The molecule has 0 saturated carbocycles. The van der Waals surface area contributed by atoms with Crippen LogP contribution < -0.4 is 10.0 Å². The highest BCUT2D eigenvalue weighted by Crippen LogP contribution is 2.25. The molecular weight excluding hydrogens is 464 g/mol. The molecule has 0 saturated heterocycles. The van der Waals surface area contributed by atoms with E-state index in [0.717, 1.165) is 17.1 Å².